The second kappa shape index (κ2) is 10.3. The molecule has 0 aliphatic carbocycles. The summed E-state index contributed by atoms with van der Waals surface area (Å²) in [6.45, 7) is 0. The molecule has 0 unspecified atom stereocenters. The van der Waals surface area contributed by atoms with Crippen molar-refractivity contribution in [1.29, 1.82) is 0 Å². The van der Waals surface area contributed by atoms with E-state index in [0.29, 0.717) is 0 Å². The molecule has 0 amide bonds. The molecule has 0 fully saturated rings. The van der Waals surface area contributed by atoms with Gasteiger partial charge in [-0.1, -0.05) is 12.1 Å². The van der Waals surface area contributed by atoms with Crippen molar-refractivity contribution in [3.8, 4) is 23.3 Å². The number of aromatic nitrogens is 10. The monoisotopic (exact) mass is 481 g/mol. The first kappa shape index (κ1) is 21.9. The first-order valence-corrected chi connectivity index (χ1v) is 9.81. The Morgan fingerprint density at radius 3 is 0.879 bits per heavy atom. The van der Waals surface area contributed by atoms with E-state index in [0.717, 1.165) is 23.3 Å². The molecule has 162 valence electrons. The number of rotatable bonds is 4. The topological polar surface area (TPSA) is 97.1 Å². The number of hydrogen-bond donors (Lipinski definition) is 0. The number of nitrogens with zero attached hydrogens (tertiary/aromatic N) is 10. The summed E-state index contributed by atoms with van der Waals surface area (Å²) in [7, 11) is 0. The summed E-state index contributed by atoms with van der Waals surface area (Å²) < 4.78 is 6.86. The van der Waals surface area contributed by atoms with Crippen LogP contribution < -0.4 is 0 Å². The standard InChI is InChI=1S/2C11H9N5.Co/c2*1-4-10(15-8-2-6-12-15)14-11(5-1)16-9-3-7-13-16;/h2*1-9H;/q;;+3. The molecule has 0 N–H and O–H groups in total. The molecule has 0 aromatic carbocycles. The molecule has 0 aliphatic rings. The van der Waals surface area contributed by atoms with E-state index in [2.05, 4.69) is 30.4 Å². The molecule has 33 heavy (non-hydrogen) atoms. The van der Waals surface area contributed by atoms with Crippen molar-refractivity contribution in [2.24, 2.45) is 0 Å². The van der Waals surface area contributed by atoms with Crippen LogP contribution in [0.2, 0.25) is 0 Å². The van der Waals surface area contributed by atoms with Gasteiger partial charge in [0.15, 0.2) is 23.3 Å². The summed E-state index contributed by atoms with van der Waals surface area (Å²) in [5.41, 5.74) is 0. The molecule has 6 aromatic heterocycles. The minimum atomic E-state index is 0. The maximum atomic E-state index is 4.46. The zero-order valence-corrected chi connectivity index (χ0v) is 18.2. The van der Waals surface area contributed by atoms with E-state index in [1.165, 1.54) is 0 Å². The van der Waals surface area contributed by atoms with Crippen LogP contribution in [0.4, 0.5) is 0 Å². The first-order valence-electron chi connectivity index (χ1n) is 9.81. The molecular formula is C22H18CoN10+3. The van der Waals surface area contributed by atoms with Gasteiger partial charge in [-0.2, -0.15) is 20.4 Å². The molecule has 0 aliphatic heterocycles. The molecule has 6 rings (SSSR count). The fourth-order valence-corrected chi connectivity index (χ4v) is 2.95. The van der Waals surface area contributed by atoms with Gasteiger partial charge in [-0.05, 0) is 48.5 Å². The van der Waals surface area contributed by atoms with Crippen LogP contribution in [0.1, 0.15) is 0 Å². The Balaban J connectivity index is 0.000000152. The first-order chi connectivity index (χ1) is 15.9. The van der Waals surface area contributed by atoms with Gasteiger partial charge >= 0.3 is 16.8 Å². The molecule has 11 heteroatoms. The average molecular weight is 481 g/mol. The number of pyridine rings is 2. The minimum Gasteiger partial charge on any atom is -0.223 e. The molecular weight excluding hydrogens is 463 g/mol. The SMILES string of the molecule is [Co+3].c1cc(-n2cccn2)nc(-n2cccn2)c1.c1cc(-n2cccn2)nc(-n2cccn2)c1. The fourth-order valence-electron chi connectivity index (χ4n) is 2.95. The van der Waals surface area contributed by atoms with Crippen LogP contribution in [-0.2, 0) is 16.8 Å². The molecule has 0 atom stereocenters. The van der Waals surface area contributed by atoms with E-state index in [-0.39, 0.29) is 16.8 Å². The zero-order valence-electron chi connectivity index (χ0n) is 17.2. The Labute approximate surface area is 199 Å². The van der Waals surface area contributed by atoms with Gasteiger partial charge in [0.1, 0.15) is 0 Å². The third kappa shape index (κ3) is 5.11. The summed E-state index contributed by atoms with van der Waals surface area (Å²) >= 11 is 0. The molecule has 10 nitrogen and oxygen atoms in total. The summed E-state index contributed by atoms with van der Waals surface area (Å²) in [6, 6.07) is 18.9. The minimum absolute atomic E-state index is 0. The molecule has 0 saturated carbocycles. The van der Waals surface area contributed by atoms with Crippen molar-refractivity contribution in [2.75, 3.05) is 0 Å². The maximum Gasteiger partial charge on any atom is 3.00 e. The van der Waals surface area contributed by atoms with Crippen LogP contribution in [0.15, 0.2) is 110 Å². The second-order valence-electron chi connectivity index (χ2n) is 6.51. The van der Waals surface area contributed by atoms with Gasteiger partial charge in [0, 0.05) is 49.6 Å². The van der Waals surface area contributed by atoms with Crippen molar-refractivity contribution in [3.63, 3.8) is 0 Å². The van der Waals surface area contributed by atoms with Crippen molar-refractivity contribution in [2.45, 2.75) is 0 Å². The fraction of sp³-hybridized carbons (Fsp3) is 0. The summed E-state index contributed by atoms with van der Waals surface area (Å²) in [5, 5.41) is 16.5. The van der Waals surface area contributed by atoms with Crippen LogP contribution in [0.3, 0.4) is 0 Å². The maximum absolute atomic E-state index is 4.46. The van der Waals surface area contributed by atoms with Crippen LogP contribution >= 0.6 is 0 Å². The second-order valence-corrected chi connectivity index (χ2v) is 6.51. The third-order valence-corrected chi connectivity index (χ3v) is 4.40. The predicted octanol–water partition coefficient (Wildman–Crippen LogP) is 2.90. The largest absolute Gasteiger partial charge is 3.00 e. The van der Waals surface area contributed by atoms with E-state index >= 15 is 0 Å². The summed E-state index contributed by atoms with van der Waals surface area (Å²) in [6.07, 6.45) is 14.3. The van der Waals surface area contributed by atoms with Gasteiger partial charge in [0.2, 0.25) is 0 Å². The Hall–Kier alpha value is -4.35. The van der Waals surface area contributed by atoms with Gasteiger partial charge in [0.05, 0.1) is 0 Å². The van der Waals surface area contributed by atoms with Gasteiger partial charge in [-0.15, -0.1) is 0 Å². The average Bonchev–Trinajstić information content (AvgIpc) is 3.68. The Kier molecular flexibility index (Phi) is 6.83. The van der Waals surface area contributed by atoms with Crippen molar-refractivity contribution in [3.05, 3.63) is 110 Å². The molecule has 0 bridgehead atoms. The molecule has 0 radical (unpaired) electrons. The van der Waals surface area contributed by atoms with Gasteiger partial charge in [0.25, 0.3) is 0 Å². The van der Waals surface area contributed by atoms with E-state index in [1.54, 1.807) is 43.5 Å². The van der Waals surface area contributed by atoms with Crippen molar-refractivity contribution in [1.82, 2.24) is 49.1 Å². The van der Waals surface area contributed by atoms with Crippen molar-refractivity contribution >= 4 is 0 Å². The Bertz CT molecular complexity index is 1150. The zero-order chi connectivity index (χ0) is 21.6. The van der Waals surface area contributed by atoms with Crippen LogP contribution in [0.5, 0.6) is 0 Å². The molecule has 6 aromatic rings. The normalized spacial score (nSPS) is 10.2. The van der Waals surface area contributed by atoms with Crippen LogP contribution in [-0.4, -0.2) is 49.1 Å². The predicted molar refractivity (Wildman–Crippen MR) is 117 cm³/mol. The number of hydrogen-bond acceptors (Lipinski definition) is 6. The van der Waals surface area contributed by atoms with E-state index in [1.807, 2.05) is 85.5 Å². The van der Waals surface area contributed by atoms with Crippen LogP contribution in [0, 0.1) is 0 Å². The Morgan fingerprint density at radius 1 is 0.394 bits per heavy atom. The molecule has 6 heterocycles. The Morgan fingerprint density at radius 2 is 0.667 bits per heavy atom. The summed E-state index contributed by atoms with van der Waals surface area (Å²) in [5.74, 6) is 3.10. The molecule has 0 saturated heterocycles. The third-order valence-electron chi connectivity index (χ3n) is 4.40. The van der Waals surface area contributed by atoms with Crippen LogP contribution in [0.25, 0.3) is 23.3 Å². The van der Waals surface area contributed by atoms with Gasteiger partial charge < -0.3 is 0 Å². The molecule has 0 spiro atoms. The van der Waals surface area contributed by atoms with Gasteiger partial charge in [-0.25, -0.2) is 28.7 Å². The van der Waals surface area contributed by atoms with Gasteiger partial charge in [-0.3, -0.25) is 0 Å². The van der Waals surface area contributed by atoms with Crippen molar-refractivity contribution < 1.29 is 16.8 Å². The smallest absolute Gasteiger partial charge is 0.223 e. The van der Waals surface area contributed by atoms with E-state index in [9.17, 15) is 0 Å². The quantitative estimate of drug-likeness (QED) is 0.384. The van der Waals surface area contributed by atoms with E-state index < -0.39 is 0 Å². The van der Waals surface area contributed by atoms with E-state index in [4.69, 9.17) is 0 Å². The summed E-state index contributed by atoms with van der Waals surface area (Å²) in [4.78, 5) is 8.92.